The molecule has 0 aromatic carbocycles. The van der Waals surface area contributed by atoms with Crippen molar-refractivity contribution in [2.75, 3.05) is 19.8 Å². The van der Waals surface area contributed by atoms with Crippen molar-refractivity contribution in [3.8, 4) is 0 Å². The molecule has 0 spiro atoms. The summed E-state index contributed by atoms with van der Waals surface area (Å²) in [6, 6.07) is 3.71. The summed E-state index contributed by atoms with van der Waals surface area (Å²) in [7, 11) is 0. The number of hydrogen-bond donors (Lipinski definition) is 2. The molecule has 0 fully saturated rings. The van der Waals surface area contributed by atoms with Crippen molar-refractivity contribution in [3.05, 3.63) is 22.6 Å². The molecule has 0 radical (unpaired) electrons. The number of hydrogen-bond acceptors (Lipinski definition) is 4. The van der Waals surface area contributed by atoms with E-state index in [4.69, 9.17) is 14.9 Å². The van der Waals surface area contributed by atoms with Crippen LogP contribution in [0, 0.1) is 0 Å². The summed E-state index contributed by atoms with van der Waals surface area (Å²) >= 11 is 3.21. The maximum atomic E-state index is 10.3. The average Bonchev–Trinajstić information content (AvgIpc) is 2.57. The Hall–Kier alpha value is -0.850. The van der Waals surface area contributed by atoms with Crippen LogP contribution < -0.4 is 11.1 Å². The lowest BCUT2D eigenvalue weighted by molar-refractivity contribution is -0.122. The first kappa shape index (κ1) is 12.2. The van der Waals surface area contributed by atoms with Crippen LogP contribution in [-0.4, -0.2) is 25.7 Å². The summed E-state index contributed by atoms with van der Waals surface area (Å²) < 4.78 is 10.9. The highest BCUT2D eigenvalue weighted by atomic mass is 79.9. The maximum absolute atomic E-state index is 10.3. The molecule has 3 N–H and O–H groups in total. The molecule has 15 heavy (non-hydrogen) atoms. The minimum absolute atomic E-state index is 0.0337. The summed E-state index contributed by atoms with van der Waals surface area (Å²) in [6.07, 6.45) is 0. The molecule has 0 unspecified atom stereocenters. The van der Waals surface area contributed by atoms with Crippen LogP contribution in [0.4, 0.5) is 0 Å². The molecule has 0 saturated heterocycles. The van der Waals surface area contributed by atoms with Crippen LogP contribution >= 0.6 is 15.9 Å². The number of halogens is 1. The van der Waals surface area contributed by atoms with E-state index >= 15 is 0 Å². The fourth-order valence-electron chi connectivity index (χ4n) is 0.975. The standard InChI is InChI=1S/C9H13BrN2O3/c10-8-2-1-7(15-8)5-12-3-4-14-6-9(11)13/h1-2,12H,3-6H2,(H2,11,13). The molecular weight excluding hydrogens is 264 g/mol. The topological polar surface area (TPSA) is 77.5 Å². The van der Waals surface area contributed by atoms with Crippen LogP contribution in [0.15, 0.2) is 21.2 Å². The molecule has 0 bridgehead atoms. The van der Waals surface area contributed by atoms with Gasteiger partial charge in [-0.25, -0.2) is 0 Å². The molecule has 1 aromatic heterocycles. The number of amides is 1. The first-order chi connectivity index (χ1) is 7.18. The molecule has 0 atom stereocenters. The van der Waals surface area contributed by atoms with Gasteiger partial charge in [-0.15, -0.1) is 0 Å². The number of carbonyl (C=O) groups is 1. The van der Waals surface area contributed by atoms with Gasteiger partial charge in [0.2, 0.25) is 5.91 Å². The van der Waals surface area contributed by atoms with Crippen molar-refractivity contribution in [2.24, 2.45) is 5.73 Å². The molecule has 84 valence electrons. The fourth-order valence-corrected chi connectivity index (χ4v) is 1.32. The van der Waals surface area contributed by atoms with Gasteiger partial charge in [0, 0.05) is 6.54 Å². The second kappa shape index (κ2) is 6.60. The zero-order valence-corrected chi connectivity index (χ0v) is 9.75. The SMILES string of the molecule is NC(=O)COCCNCc1ccc(Br)o1. The van der Waals surface area contributed by atoms with Crippen molar-refractivity contribution in [2.45, 2.75) is 6.54 Å². The van der Waals surface area contributed by atoms with E-state index < -0.39 is 5.91 Å². The second-order valence-electron chi connectivity index (χ2n) is 2.90. The third-order valence-corrected chi connectivity index (χ3v) is 2.02. The predicted molar refractivity (Wildman–Crippen MR) is 58.1 cm³/mol. The van der Waals surface area contributed by atoms with Gasteiger partial charge < -0.3 is 20.2 Å². The predicted octanol–water partition coefficient (Wildman–Crippen LogP) is 0.634. The van der Waals surface area contributed by atoms with Gasteiger partial charge in [-0.1, -0.05) is 0 Å². The number of furan rings is 1. The normalized spacial score (nSPS) is 10.5. The lowest BCUT2D eigenvalue weighted by Gasteiger charge is -2.02. The largest absolute Gasteiger partial charge is 0.453 e. The third-order valence-electron chi connectivity index (χ3n) is 1.60. The highest BCUT2D eigenvalue weighted by Crippen LogP contribution is 2.13. The molecule has 0 saturated carbocycles. The molecule has 1 amide bonds. The molecule has 5 nitrogen and oxygen atoms in total. The van der Waals surface area contributed by atoms with Gasteiger partial charge in [0.25, 0.3) is 0 Å². The number of rotatable bonds is 7. The second-order valence-corrected chi connectivity index (χ2v) is 3.68. The fraction of sp³-hybridized carbons (Fsp3) is 0.444. The Bertz CT molecular complexity index is 314. The molecular formula is C9H13BrN2O3. The van der Waals surface area contributed by atoms with Crippen molar-refractivity contribution in [1.29, 1.82) is 0 Å². The van der Waals surface area contributed by atoms with Gasteiger partial charge in [0.05, 0.1) is 13.2 Å². The minimum atomic E-state index is -0.454. The van der Waals surface area contributed by atoms with Gasteiger partial charge in [-0.2, -0.15) is 0 Å². The van der Waals surface area contributed by atoms with Crippen LogP contribution in [0.3, 0.4) is 0 Å². The molecule has 1 heterocycles. The number of ether oxygens (including phenoxy) is 1. The van der Waals surface area contributed by atoms with Gasteiger partial charge >= 0.3 is 0 Å². The van der Waals surface area contributed by atoms with Crippen molar-refractivity contribution >= 4 is 21.8 Å². The Labute approximate surface area is 96.1 Å². The maximum Gasteiger partial charge on any atom is 0.243 e. The van der Waals surface area contributed by atoms with E-state index in [0.717, 1.165) is 5.76 Å². The first-order valence-electron chi connectivity index (χ1n) is 4.49. The van der Waals surface area contributed by atoms with E-state index in [1.807, 2.05) is 12.1 Å². The number of nitrogens with two attached hydrogens (primary N) is 1. The zero-order chi connectivity index (χ0) is 11.1. The molecule has 0 aliphatic carbocycles. The summed E-state index contributed by atoms with van der Waals surface area (Å²) in [6.45, 7) is 1.69. The van der Waals surface area contributed by atoms with Gasteiger partial charge in [0.1, 0.15) is 12.4 Å². The Morgan fingerprint density at radius 3 is 3.00 bits per heavy atom. The Morgan fingerprint density at radius 2 is 2.40 bits per heavy atom. The van der Waals surface area contributed by atoms with Crippen molar-refractivity contribution in [1.82, 2.24) is 5.32 Å². The Kier molecular flexibility index (Phi) is 5.38. The zero-order valence-electron chi connectivity index (χ0n) is 8.16. The quantitative estimate of drug-likeness (QED) is 0.717. The van der Waals surface area contributed by atoms with Crippen LogP contribution in [0.2, 0.25) is 0 Å². The van der Waals surface area contributed by atoms with E-state index in [1.165, 1.54) is 0 Å². The highest BCUT2D eigenvalue weighted by molar-refractivity contribution is 9.10. The highest BCUT2D eigenvalue weighted by Gasteiger charge is 1.98. The van der Waals surface area contributed by atoms with Crippen LogP contribution in [0.25, 0.3) is 0 Å². The Morgan fingerprint density at radius 1 is 1.60 bits per heavy atom. The first-order valence-corrected chi connectivity index (χ1v) is 5.29. The molecule has 1 rings (SSSR count). The van der Waals surface area contributed by atoms with Gasteiger partial charge in [-0.3, -0.25) is 4.79 Å². The van der Waals surface area contributed by atoms with E-state index in [-0.39, 0.29) is 6.61 Å². The summed E-state index contributed by atoms with van der Waals surface area (Å²) in [4.78, 5) is 10.3. The van der Waals surface area contributed by atoms with E-state index in [9.17, 15) is 4.79 Å². The monoisotopic (exact) mass is 276 g/mol. The van der Waals surface area contributed by atoms with Crippen LogP contribution in [-0.2, 0) is 16.1 Å². The molecule has 6 heteroatoms. The average molecular weight is 277 g/mol. The lowest BCUT2D eigenvalue weighted by atomic mass is 10.4. The molecule has 0 aliphatic rings. The third kappa shape index (κ3) is 5.56. The van der Waals surface area contributed by atoms with Crippen LogP contribution in [0.5, 0.6) is 0 Å². The molecule has 0 aliphatic heterocycles. The summed E-state index contributed by atoms with van der Waals surface area (Å²) in [5.74, 6) is 0.391. The van der Waals surface area contributed by atoms with Crippen molar-refractivity contribution in [3.63, 3.8) is 0 Å². The number of carbonyl (C=O) groups excluding carboxylic acids is 1. The molecule has 1 aromatic rings. The smallest absolute Gasteiger partial charge is 0.243 e. The Balaban J connectivity index is 2.00. The van der Waals surface area contributed by atoms with Gasteiger partial charge in [0.15, 0.2) is 4.67 Å². The summed E-state index contributed by atoms with van der Waals surface area (Å²) in [5, 5.41) is 3.10. The van der Waals surface area contributed by atoms with E-state index in [1.54, 1.807) is 0 Å². The van der Waals surface area contributed by atoms with E-state index in [0.29, 0.717) is 24.4 Å². The van der Waals surface area contributed by atoms with Crippen molar-refractivity contribution < 1.29 is 13.9 Å². The summed E-state index contributed by atoms with van der Waals surface area (Å²) in [5.41, 5.74) is 4.90. The van der Waals surface area contributed by atoms with Crippen LogP contribution in [0.1, 0.15) is 5.76 Å². The lowest BCUT2D eigenvalue weighted by Crippen LogP contribution is -2.23. The number of nitrogens with one attached hydrogen (secondary N) is 1. The minimum Gasteiger partial charge on any atom is -0.453 e. The number of primary amides is 1. The van der Waals surface area contributed by atoms with E-state index in [2.05, 4.69) is 21.2 Å². The van der Waals surface area contributed by atoms with Gasteiger partial charge in [-0.05, 0) is 28.1 Å².